The molecule has 0 fully saturated rings. The van der Waals surface area contributed by atoms with Crippen LogP contribution in [-0.4, -0.2) is 18.0 Å². The third-order valence-electron chi connectivity index (χ3n) is 2.52. The van der Waals surface area contributed by atoms with Gasteiger partial charge >= 0.3 is 0 Å². The summed E-state index contributed by atoms with van der Waals surface area (Å²) < 4.78 is 0. The molecule has 0 saturated heterocycles. The van der Waals surface area contributed by atoms with Crippen LogP contribution < -0.4 is 0 Å². The fourth-order valence-electron chi connectivity index (χ4n) is 1.48. The van der Waals surface area contributed by atoms with Gasteiger partial charge in [0.05, 0.1) is 0 Å². The van der Waals surface area contributed by atoms with Gasteiger partial charge in [-0.05, 0) is 25.5 Å². The Balaban J connectivity index is 4.02. The summed E-state index contributed by atoms with van der Waals surface area (Å²) in [5, 5.41) is 0. The van der Waals surface area contributed by atoms with Crippen LogP contribution in [0.4, 0.5) is 0 Å². The molecule has 0 aromatic heterocycles. The van der Waals surface area contributed by atoms with Crippen LogP contribution in [0, 0.1) is 0 Å². The number of allylic oxidation sites excluding steroid dienone is 3. The van der Waals surface area contributed by atoms with Crippen LogP contribution in [0.5, 0.6) is 0 Å². The van der Waals surface area contributed by atoms with Gasteiger partial charge in [0.25, 0.3) is 0 Å². The van der Waals surface area contributed by atoms with Gasteiger partial charge < -0.3 is 4.90 Å². The Hall–Kier alpha value is -0.980. The van der Waals surface area contributed by atoms with Crippen molar-refractivity contribution < 1.29 is 0 Å². The summed E-state index contributed by atoms with van der Waals surface area (Å²) in [6.45, 7) is 8.11. The maximum atomic E-state index is 3.67. The molecule has 1 heteroatoms. The van der Waals surface area contributed by atoms with Crippen LogP contribution >= 0.6 is 0 Å². The maximum Gasteiger partial charge on any atom is 0.0312 e. The molecular formula is C14H25N. The molecule has 0 heterocycles. The van der Waals surface area contributed by atoms with E-state index in [1.165, 1.54) is 19.3 Å². The highest BCUT2D eigenvalue weighted by Gasteiger charge is 2.06. The summed E-state index contributed by atoms with van der Waals surface area (Å²) in [7, 11) is 2.15. The number of nitrogens with zero attached hydrogens (tertiary/aromatic N) is 1. The van der Waals surface area contributed by atoms with E-state index in [4.69, 9.17) is 0 Å². The molecule has 0 N–H and O–H groups in total. The average molecular weight is 207 g/mol. The van der Waals surface area contributed by atoms with E-state index in [2.05, 4.69) is 50.7 Å². The predicted molar refractivity (Wildman–Crippen MR) is 69.8 cm³/mol. The lowest BCUT2D eigenvalue weighted by molar-refractivity contribution is 0.321. The minimum atomic E-state index is 0.606. The monoisotopic (exact) mass is 207 g/mol. The van der Waals surface area contributed by atoms with Crippen molar-refractivity contribution in [1.82, 2.24) is 4.90 Å². The van der Waals surface area contributed by atoms with Crippen molar-refractivity contribution in [2.24, 2.45) is 0 Å². The van der Waals surface area contributed by atoms with Crippen molar-refractivity contribution in [3.63, 3.8) is 0 Å². The summed E-state index contributed by atoms with van der Waals surface area (Å²) in [5.41, 5.74) is 0. The third kappa shape index (κ3) is 7.01. The zero-order chi connectivity index (χ0) is 11.5. The summed E-state index contributed by atoms with van der Waals surface area (Å²) in [6, 6.07) is 0.606. The summed E-state index contributed by atoms with van der Waals surface area (Å²) in [4.78, 5) is 2.31. The summed E-state index contributed by atoms with van der Waals surface area (Å²) >= 11 is 0. The number of hydrogen-bond donors (Lipinski definition) is 0. The van der Waals surface area contributed by atoms with E-state index >= 15 is 0 Å². The highest BCUT2D eigenvalue weighted by Crippen LogP contribution is 2.08. The summed E-state index contributed by atoms with van der Waals surface area (Å²) in [5.74, 6) is 0. The van der Waals surface area contributed by atoms with Crippen LogP contribution in [0.15, 0.2) is 37.1 Å². The van der Waals surface area contributed by atoms with Gasteiger partial charge in [0.2, 0.25) is 0 Å². The van der Waals surface area contributed by atoms with Crippen LogP contribution in [-0.2, 0) is 0 Å². The molecular weight excluding hydrogens is 182 g/mol. The molecule has 0 saturated carbocycles. The first-order valence-electron chi connectivity index (χ1n) is 5.92. The smallest absolute Gasteiger partial charge is 0.0312 e. The van der Waals surface area contributed by atoms with Gasteiger partial charge in [-0.1, -0.05) is 51.2 Å². The largest absolute Gasteiger partial charge is 0.377 e. The third-order valence-corrected chi connectivity index (χ3v) is 2.52. The van der Waals surface area contributed by atoms with E-state index < -0.39 is 0 Å². The van der Waals surface area contributed by atoms with Crippen molar-refractivity contribution in [1.29, 1.82) is 0 Å². The molecule has 1 atom stereocenters. The lowest BCUT2D eigenvalue weighted by Crippen LogP contribution is -2.25. The Kier molecular flexibility index (Phi) is 8.95. The first kappa shape index (κ1) is 14.0. The molecule has 0 radical (unpaired) electrons. The van der Waals surface area contributed by atoms with Gasteiger partial charge in [-0.3, -0.25) is 0 Å². The van der Waals surface area contributed by atoms with E-state index in [1.807, 2.05) is 12.2 Å². The quantitative estimate of drug-likeness (QED) is 0.541. The van der Waals surface area contributed by atoms with Crippen molar-refractivity contribution in [3.8, 4) is 0 Å². The number of rotatable bonds is 8. The van der Waals surface area contributed by atoms with Crippen LogP contribution in [0.25, 0.3) is 0 Å². The molecule has 0 aromatic rings. The molecule has 0 rings (SSSR count). The zero-order valence-electron chi connectivity index (χ0n) is 10.4. The zero-order valence-corrected chi connectivity index (χ0v) is 10.4. The Bertz CT molecular complexity index is 203. The van der Waals surface area contributed by atoms with E-state index in [0.29, 0.717) is 6.04 Å². The Labute approximate surface area is 95.2 Å². The second-order valence-electron chi connectivity index (χ2n) is 3.80. The first-order valence-corrected chi connectivity index (χ1v) is 5.92. The molecule has 0 amide bonds. The molecule has 15 heavy (non-hydrogen) atoms. The van der Waals surface area contributed by atoms with Gasteiger partial charge in [-0.15, -0.1) is 0 Å². The SMILES string of the molecule is C=C/C=C\CC(CC)N(C)/C=C\CCC. The topological polar surface area (TPSA) is 3.24 Å². The molecule has 1 unspecified atom stereocenters. The van der Waals surface area contributed by atoms with Gasteiger partial charge in [-0.25, -0.2) is 0 Å². The molecule has 0 aliphatic carbocycles. The van der Waals surface area contributed by atoms with Gasteiger partial charge in [0.15, 0.2) is 0 Å². The van der Waals surface area contributed by atoms with Gasteiger partial charge in [-0.2, -0.15) is 0 Å². The van der Waals surface area contributed by atoms with E-state index in [1.54, 1.807) is 0 Å². The fraction of sp³-hybridized carbons (Fsp3) is 0.571. The second kappa shape index (κ2) is 9.57. The van der Waals surface area contributed by atoms with Crippen LogP contribution in [0.3, 0.4) is 0 Å². The lowest BCUT2D eigenvalue weighted by Gasteiger charge is -2.24. The molecule has 0 spiro atoms. The Morgan fingerprint density at radius 1 is 1.27 bits per heavy atom. The molecule has 86 valence electrons. The predicted octanol–water partition coefficient (Wildman–Crippen LogP) is 4.14. The number of hydrogen-bond acceptors (Lipinski definition) is 1. The van der Waals surface area contributed by atoms with Crippen LogP contribution in [0.2, 0.25) is 0 Å². The molecule has 0 bridgehead atoms. The first-order chi connectivity index (χ1) is 7.26. The van der Waals surface area contributed by atoms with Crippen molar-refractivity contribution in [2.75, 3.05) is 7.05 Å². The van der Waals surface area contributed by atoms with E-state index in [9.17, 15) is 0 Å². The van der Waals surface area contributed by atoms with Crippen molar-refractivity contribution in [2.45, 2.75) is 45.6 Å². The standard InChI is InChI=1S/C14H25N/c1-5-8-10-12-14(7-3)15(4)13-11-9-6-2/h5,8,10-11,13-14H,1,6-7,9,12H2,2-4H3/b10-8-,13-11-. The molecule has 0 aliphatic rings. The fourth-order valence-corrected chi connectivity index (χ4v) is 1.48. The van der Waals surface area contributed by atoms with Gasteiger partial charge in [0, 0.05) is 13.1 Å². The normalized spacial score (nSPS) is 13.5. The minimum Gasteiger partial charge on any atom is -0.377 e. The highest BCUT2D eigenvalue weighted by atomic mass is 15.1. The van der Waals surface area contributed by atoms with Gasteiger partial charge in [0.1, 0.15) is 0 Å². The average Bonchev–Trinajstić information content (AvgIpc) is 2.24. The molecule has 0 aromatic carbocycles. The Morgan fingerprint density at radius 2 is 2.00 bits per heavy atom. The van der Waals surface area contributed by atoms with Crippen LogP contribution in [0.1, 0.15) is 39.5 Å². The van der Waals surface area contributed by atoms with E-state index in [-0.39, 0.29) is 0 Å². The van der Waals surface area contributed by atoms with E-state index in [0.717, 1.165) is 6.42 Å². The highest BCUT2D eigenvalue weighted by molar-refractivity contribution is 4.99. The Morgan fingerprint density at radius 3 is 2.53 bits per heavy atom. The lowest BCUT2D eigenvalue weighted by atomic mass is 10.1. The maximum absolute atomic E-state index is 3.67. The summed E-state index contributed by atoms with van der Waals surface area (Å²) in [6.07, 6.45) is 15.2. The second-order valence-corrected chi connectivity index (χ2v) is 3.80. The molecule has 0 aliphatic heterocycles. The minimum absolute atomic E-state index is 0.606. The molecule has 1 nitrogen and oxygen atoms in total. The van der Waals surface area contributed by atoms with Crippen molar-refractivity contribution in [3.05, 3.63) is 37.1 Å². The number of unbranched alkanes of at least 4 members (excludes halogenated alkanes) is 1. The van der Waals surface area contributed by atoms with Crippen molar-refractivity contribution >= 4 is 0 Å².